The summed E-state index contributed by atoms with van der Waals surface area (Å²) in [5, 5.41) is 6.23. The third kappa shape index (κ3) is 6.19. The molecule has 2 aromatic carbocycles. The zero-order valence-corrected chi connectivity index (χ0v) is 18.1. The van der Waals surface area contributed by atoms with Crippen LogP contribution in [-0.4, -0.2) is 24.9 Å². The average Bonchev–Trinajstić information content (AvgIpc) is 2.81. The molecule has 1 aliphatic rings. The monoisotopic (exact) mass is 406 g/mol. The Labute approximate surface area is 180 Å². The van der Waals surface area contributed by atoms with Gasteiger partial charge in [-0.1, -0.05) is 74.5 Å². The van der Waals surface area contributed by atoms with Crippen LogP contribution in [0.2, 0.25) is 0 Å². The Kier molecular flexibility index (Phi) is 8.06. The molecule has 1 saturated carbocycles. The normalized spacial score (nSPS) is 20.7. The van der Waals surface area contributed by atoms with Gasteiger partial charge in [0.15, 0.2) is 0 Å². The molecule has 4 nitrogen and oxygen atoms in total. The van der Waals surface area contributed by atoms with E-state index in [1.54, 1.807) is 0 Å². The highest BCUT2D eigenvalue weighted by molar-refractivity contribution is 5.81. The van der Waals surface area contributed by atoms with Gasteiger partial charge in [-0.2, -0.15) is 0 Å². The van der Waals surface area contributed by atoms with Crippen molar-refractivity contribution in [1.29, 1.82) is 0 Å². The van der Waals surface area contributed by atoms with Crippen LogP contribution < -0.4 is 10.6 Å². The molecular weight excluding hydrogens is 372 g/mol. The largest absolute Gasteiger partial charge is 0.355 e. The van der Waals surface area contributed by atoms with E-state index in [4.69, 9.17) is 0 Å². The van der Waals surface area contributed by atoms with Crippen LogP contribution >= 0.6 is 0 Å². The number of carbonyl (C=O) groups is 2. The maximum atomic E-state index is 12.6. The number of hydrogen-bond donors (Lipinski definition) is 2. The lowest BCUT2D eigenvalue weighted by molar-refractivity contribution is -0.130. The van der Waals surface area contributed by atoms with Gasteiger partial charge in [0.1, 0.15) is 0 Å². The molecule has 0 spiro atoms. The molecule has 2 amide bonds. The molecule has 1 aliphatic carbocycles. The summed E-state index contributed by atoms with van der Waals surface area (Å²) in [6, 6.07) is 20.5. The second kappa shape index (κ2) is 11.0. The van der Waals surface area contributed by atoms with Crippen molar-refractivity contribution < 1.29 is 9.59 Å². The third-order valence-electron chi connectivity index (χ3n) is 6.37. The summed E-state index contributed by atoms with van der Waals surface area (Å²) >= 11 is 0. The second-order valence-electron chi connectivity index (χ2n) is 8.66. The van der Waals surface area contributed by atoms with Gasteiger partial charge in [0.25, 0.3) is 0 Å². The molecule has 0 saturated heterocycles. The van der Waals surface area contributed by atoms with Crippen molar-refractivity contribution in [2.45, 2.75) is 51.4 Å². The Balaban J connectivity index is 1.37. The van der Waals surface area contributed by atoms with Crippen LogP contribution in [0.15, 0.2) is 60.7 Å². The van der Waals surface area contributed by atoms with Crippen LogP contribution in [0.25, 0.3) is 0 Å². The summed E-state index contributed by atoms with van der Waals surface area (Å²) in [6.45, 7) is 5.57. The summed E-state index contributed by atoms with van der Waals surface area (Å²) < 4.78 is 0. The first-order valence-corrected chi connectivity index (χ1v) is 11.2. The van der Waals surface area contributed by atoms with Crippen LogP contribution in [0.1, 0.15) is 62.5 Å². The molecule has 0 bridgehead atoms. The average molecular weight is 407 g/mol. The van der Waals surface area contributed by atoms with Crippen molar-refractivity contribution in [2.75, 3.05) is 13.1 Å². The maximum absolute atomic E-state index is 12.6. The van der Waals surface area contributed by atoms with Gasteiger partial charge in [0.05, 0.1) is 0 Å². The Bertz CT molecular complexity index is 729. The summed E-state index contributed by atoms with van der Waals surface area (Å²) in [4.78, 5) is 25.1. The van der Waals surface area contributed by atoms with E-state index in [0.717, 1.165) is 25.7 Å². The Morgan fingerprint density at radius 2 is 1.03 bits per heavy atom. The molecule has 2 atom stereocenters. The van der Waals surface area contributed by atoms with Gasteiger partial charge in [0.2, 0.25) is 11.8 Å². The Hall–Kier alpha value is -2.62. The SMILES string of the molecule is C[C@H](CNC(=O)C1CCC(C(=O)NC[C@H](C)c2ccccc2)CC1)c1ccccc1. The molecule has 0 heterocycles. The second-order valence-corrected chi connectivity index (χ2v) is 8.66. The molecule has 160 valence electrons. The Morgan fingerprint density at radius 3 is 1.37 bits per heavy atom. The van der Waals surface area contributed by atoms with Gasteiger partial charge >= 0.3 is 0 Å². The Morgan fingerprint density at radius 1 is 0.700 bits per heavy atom. The first-order valence-electron chi connectivity index (χ1n) is 11.2. The topological polar surface area (TPSA) is 58.2 Å². The van der Waals surface area contributed by atoms with Crippen LogP contribution in [0, 0.1) is 11.8 Å². The quantitative estimate of drug-likeness (QED) is 0.671. The number of nitrogens with one attached hydrogen (secondary N) is 2. The van der Waals surface area contributed by atoms with Gasteiger partial charge in [0, 0.05) is 24.9 Å². The first-order chi connectivity index (χ1) is 14.5. The van der Waals surface area contributed by atoms with Gasteiger partial charge in [-0.15, -0.1) is 0 Å². The van der Waals surface area contributed by atoms with Crippen molar-refractivity contribution in [2.24, 2.45) is 11.8 Å². The van der Waals surface area contributed by atoms with Gasteiger partial charge in [-0.3, -0.25) is 9.59 Å². The first kappa shape index (κ1) is 22.1. The summed E-state index contributed by atoms with van der Waals surface area (Å²) in [5.41, 5.74) is 2.48. The summed E-state index contributed by atoms with van der Waals surface area (Å²) in [5.74, 6) is 0.914. The van der Waals surface area contributed by atoms with Gasteiger partial charge in [-0.05, 0) is 48.6 Å². The minimum absolute atomic E-state index is 0.0280. The smallest absolute Gasteiger partial charge is 0.223 e. The van der Waals surface area contributed by atoms with E-state index >= 15 is 0 Å². The minimum atomic E-state index is 0.0280. The van der Waals surface area contributed by atoms with Gasteiger partial charge in [-0.25, -0.2) is 0 Å². The highest BCUT2D eigenvalue weighted by atomic mass is 16.2. The molecule has 0 unspecified atom stereocenters. The number of hydrogen-bond acceptors (Lipinski definition) is 2. The standard InChI is InChI=1S/C26H34N2O2/c1-19(21-9-5-3-6-10-21)17-27-25(29)23-13-15-24(16-14-23)26(30)28-18-20(2)22-11-7-4-8-12-22/h3-12,19-20,23-24H,13-18H2,1-2H3,(H,27,29)(H,28,30)/t19-,20+,23?,24?. The molecule has 0 aromatic heterocycles. The maximum Gasteiger partial charge on any atom is 0.223 e. The van der Waals surface area contributed by atoms with E-state index in [0.29, 0.717) is 24.9 Å². The predicted molar refractivity (Wildman–Crippen MR) is 121 cm³/mol. The molecule has 1 fully saturated rings. The van der Waals surface area contributed by atoms with Crippen LogP contribution in [0.3, 0.4) is 0 Å². The summed E-state index contributed by atoms with van der Waals surface area (Å²) in [6.07, 6.45) is 3.16. The fourth-order valence-corrected chi connectivity index (χ4v) is 4.21. The van der Waals surface area contributed by atoms with E-state index in [9.17, 15) is 9.59 Å². The molecule has 2 aromatic rings. The fraction of sp³-hybridized carbons (Fsp3) is 0.462. The predicted octanol–water partition coefficient (Wildman–Crippen LogP) is 4.63. The van der Waals surface area contributed by atoms with Crippen molar-refractivity contribution in [1.82, 2.24) is 10.6 Å². The lowest BCUT2D eigenvalue weighted by Crippen LogP contribution is -2.39. The molecule has 0 radical (unpaired) electrons. The molecule has 2 N–H and O–H groups in total. The molecular formula is C26H34N2O2. The lowest BCUT2D eigenvalue weighted by atomic mass is 9.81. The highest BCUT2D eigenvalue weighted by Crippen LogP contribution is 2.29. The van der Waals surface area contributed by atoms with Crippen LogP contribution in [0.4, 0.5) is 0 Å². The van der Waals surface area contributed by atoms with E-state index in [1.807, 2.05) is 36.4 Å². The van der Waals surface area contributed by atoms with Crippen LogP contribution in [0.5, 0.6) is 0 Å². The van der Waals surface area contributed by atoms with Crippen LogP contribution in [-0.2, 0) is 9.59 Å². The molecule has 30 heavy (non-hydrogen) atoms. The number of amides is 2. The number of carbonyl (C=O) groups excluding carboxylic acids is 2. The zero-order chi connectivity index (χ0) is 21.3. The molecule has 4 heteroatoms. The zero-order valence-electron chi connectivity index (χ0n) is 18.1. The minimum Gasteiger partial charge on any atom is -0.355 e. The van der Waals surface area contributed by atoms with Crippen molar-refractivity contribution in [3.8, 4) is 0 Å². The third-order valence-corrected chi connectivity index (χ3v) is 6.37. The number of rotatable bonds is 8. The summed E-state index contributed by atoms with van der Waals surface area (Å²) in [7, 11) is 0. The van der Waals surface area contributed by atoms with E-state index in [1.165, 1.54) is 11.1 Å². The van der Waals surface area contributed by atoms with E-state index in [-0.39, 0.29) is 23.7 Å². The van der Waals surface area contributed by atoms with Crippen molar-refractivity contribution >= 4 is 11.8 Å². The van der Waals surface area contributed by atoms with Gasteiger partial charge < -0.3 is 10.6 Å². The highest BCUT2D eigenvalue weighted by Gasteiger charge is 2.30. The number of benzene rings is 2. The molecule has 3 rings (SSSR count). The lowest BCUT2D eigenvalue weighted by Gasteiger charge is -2.28. The van der Waals surface area contributed by atoms with Crippen molar-refractivity contribution in [3.05, 3.63) is 71.8 Å². The van der Waals surface area contributed by atoms with E-state index in [2.05, 4.69) is 48.7 Å². The van der Waals surface area contributed by atoms with E-state index < -0.39 is 0 Å². The molecule has 0 aliphatic heterocycles. The fourth-order valence-electron chi connectivity index (χ4n) is 4.21. The van der Waals surface area contributed by atoms with Crippen molar-refractivity contribution in [3.63, 3.8) is 0 Å².